The van der Waals surface area contributed by atoms with Crippen molar-refractivity contribution in [1.29, 1.82) is 0 Å². The molecule has 0 spiro atoms. The van der Waals surface area contributed by atoms with E-state index < -0.39 is 0 Å². The maximum atomic E-state index is 5.63. The van der Waals surface area contributed by atoms with Gasteiger partial charge in [-0.3, -0.25) is 0 Å². The van der Waals surface area contributed by atoms with Crippen LogP contribution >= 0.6 is 0 Å². The third-order valence-corrected chi connectivity index (χ3v) is 3.80. The van der Waals surface area contributed by atoms with Crippen molar-refractivity contribution in [1.82, 2.24) is 5.32 Å². The number of nitrogens with one attached hydrogen (secondary N) is 1. The molecule has 1 aromatic rings. The van der Waals surface area contributed by atoms with E-state index in [1.54, 1.807) is 7.11 Å². The maximum Gasteiger partial charge on any atom is 0.0986 e. The van der Waals surface area contributed by atoms with Gasteiger partial charge in [0.15, 0.2) is 0 Å². The second-order valence-corrected chi connectivity index (χ2v) is 5.23. The number of benzene rings is 1. The Labute approximate surface area is 116 Å². The van der Waals surface area contributed by atoms with Crippen LogP contribution < -0.4 is 5.32 Å². The normalized spacial score (nSPS) is 26.2. The number of rotatable bonds is 7. The SMILES string of the molecule is CCOC1CC(NCCc2cccc(C)c2)C1OC. The Bertz CT molecular complexity index is 394. The Morgan fingerprint density at radius 1 is 1.37 bits per heavy atom. The molecule has 0 saturated heterocycles. The van der Waals surface area contributed by atoms with Gasteiger partial charge in [0, 0.05) is 19.8 Å². The highest BCUT2D eigenvalue weighted by Crippen LogP contribution is 2.26. The fraction of sp³-hybridized carbons (Fsp3) is 0.625. The summed E-state index contributed by atoms with van der Waals surface area (Å²) in [6.07, 6.45) is 2.59. The number of ether oxygens (including phenoxy) is 2. The van der Waals surface area contributed by atoms with Crippen LogP contribution in [0.25, 0.3) is 0 Å². The molecule has 1 aliphatic rings. The monoisotopic (exact) mass is 263 g/mol. The Morgan fingerprint density at radius 2 is 2.21 bits per heavy atom. The van der Waals surface area contributed by atoms with Crippen LogP contribution in [0.1, 0.15) is 24.5 Å². The Kier molecular flexibility index (Phi) is 5.37. The highest BCUT2D eigenvalue weighted by Gasteiger charge is 2.41. The topological polar surface area (TPSA) is 30.5 Å². The van der Waals surface area contributed by atoms with Crippen LogP contribution in [0.4, 0.5) is 0 Å². The van der Waals surface area contributed by atoms with E-state index in [1.165, 1.54) is 11.1 Å². The van der Waals surface area contributed by atoms with Crippen LogP contribution in [-0.4, -0.2) is 38.5 Å². The molecule has 1 N–H and O–H groups in total. The van der Waals surface area contributed by atoms with Gasteiger partial charge in [0.2, 0.25) is 0 Å². The Balaban J connectivity index is 1.72. The third kappa shape index (κ3) is 3.78. The van der Waals surface area contributed by atoms with Crippen molar-refractivity contribution in [3.63, 3.8) is 0 Å². The molecule has 3 atom stereocenters. The van der Waals surface area contributed by atoms with Gasteiger partial charge >= 0.3 is 0 Å². The van der Waals surface area contributed by atoms with Gasteiger partial charge in [-0.15, -0.1) is 0 Å². The van der Waals surface area contributed by atoms with Crippen LogP contribution in [-0.2, 0) is 15.9 Å². The van der Waals surface area contributed by atoms with Crippen molar-refractivity contribution in [2.45, 2.75) is 44.9 Å². The van der Waals surface area contributed by atoms with Gasteiger partial charge in [0.1, 0.15) is 0 Å². The number of hydrogen-bond acceptors (Lipinski definition) is 3. The zero-order chi connectivity index (χ0) is 13.7. The summed E-state index contributed by atoms with van der Waals surface area (Å²) in [5, 5.41) is 3.57. The van der Waals surface area contributed by atoms with Gasteiger partial charge in [-0.1, -0.05) is 29.8 Å². The second kappa shape index (κ2) is 7.04. The van der Waals surface area contributed by atoms with E-state index in [2.05, 4.69) is 36.5 Å². The lowest BCUT2D eigenvalue weighted by Gasteiger charge is -2.43. The molecular weight excluding hydrogens is 238 g/mol. The van der Waals surface area contributed by atoms with Crippen LogP contribution in [0, 0.1) is 6.92 Å². The predicted octanol–water partition coefficient (Wildman–Crippen LogP) is 2.32. The lowest BCUT2D eigenvalue weighted by Crippen LogP contribution is -2.60. The zero-order valence-electron chi connectivity index (χ0n) is 12.2. The molecule has 0 aromatic heterocycles. The van der Waals surface area contributed by atoms with Crippen molar-refractivity contribution < 1.29 is 9.47 Å². The molecule has 2 rings (SSSR count). The molecule has 0 radical (unpaired) electrons. The molecular formula is C16H25NO2. The first-order valence-electron chi connectivity index (χ1n) is 7.18. The average Bonchev–Trinajstić information content (AvgIpc) is 2.37. The molecule has 3 nitrogen and oxygen atoms in total. The van der Waals surface area contributed by atoms with E-state index >= 15 is 0 Å². The predicted molar refractivity (Wildman–Crippen MR) is 77.5 cm³/mol. The van der Waals surface area contributed by atoms with Crippen LogP contribution in [0.2, 0.25) is 0 Å². The molecule has 106 valence electrons. The quantitative estimate of drug-likeness (QED) is 0.819. The minimum absolute atomic E-state index is 0.206. The third-order valence-electron chi connectivity index (χ3n) is 3.80. The van der Waals surface area contributed by atoms with E-state index in [0.29, 0.717) is 6.04 Å². The first kappa shape index (κ1) is 14.5. The standard InChI is InChI=1S/C16H25NO2/c1-4-19-15-11-14(16(15)18-3)17-9-8-13-7-5-6-12(2)10-13/h5-7,10,14-17H,4,8-9,11H2,1-3H3. The highest BCUT2D eigenvalue weighted by atomic mass is 16.5. The van der Waals surface area contributed by atoms with E-state index in [9.17, 15) is 0 Å². The molecule has 19 heavy (non-hydrogen) atoms. The van der Waals surface area contributed by atoms with E-state index in [0.717, 1.165) is 26.0 Å². The van der Waals surface area contributed by atoms with Crippen molar-refractivity contribution in [3.05, 3.63) is 35.4 Å². The molecule has 1 aromatic carbocycles. The van der Waals surface area contributed by atoms with Crippen LogP contribution in [0.15, 0.2) is 24.3 Å². The van der Waals surface area contributed by atoms with E-state index in [4.69, 9.17) is 9.47 Å². The molecule has 0 heterocycles. The summed E-state index contributed by atoms with van der Waals surface area (Å²) in [6.45, 7) is 5.93. The fourth-order valence-corrected chi connectivity index (χ4v) is 2.74. The highest BCUT2D eigenvalue weighted by molar-refractivity contribution is 5.22. The van der Waals surface area contributed by atoms with Gasteiger partial charge in [0.05, 0.1) is 12.2 Å². The summed E-state index contributed by atoms with van der Waals surface area (Å²) < 4.78 is 11.1. The van der Waals surface area contributed by atoms with Crippen LogP contribution in [0.3, 0.4) is 0 Å². The summed E-state index contributed by atoms with van der Waals surface area (Å²) in [7, 11) is 1.77. The molecule has 3 heteroatoms. The molecule has 0 bridgehead atoms. The second-order valence-electron chi connectivity index (χ2n) is 5.23. The van der Waals surface area contributed by atoms with Crippen molar-refractivity contribution in [2.24, 2.45) is 0 Å². The summed E-state index contributed by atoms with van der Waals surface area (Å²) >= 11 is 0. The minimum atomic E-state index is 0.206. The van der Waals surface area contributed by atoms with Crippen molar-refractivity contribution in [3.8, 4) is 0 Å². The smallest absolute Gasteiger partial charge is 0.0986 e. The number of aryl methyl sites for hydroxylation is 1. The average molecular weight is 263 g/mol. The first-order valence-corrected chi connectivity index (χ1v) is 7.18. The Morgan fingerprint density at radius 3 is 2.89 bits per heavy atom. The van der Waals surface area contributed by atoms with Crippen molar-refractivity contribution in [2.75, 3.05) is 20.3 Å². The van der Waals surface area contributed by atoms with E-state index in [1.807, 2.05) is 6.92 Å². The van der Waals surface area contributed by atoms with Gasteiger partial charge in [-0.25, -0.2) is 0 Å². The van der Waals surface area contributed by atoms with E-state index in [-0.39, 0.29) is 12.2 Å². The maximum absolute atomic E-state index is 5.63. The summed E-state index contributed by atoms with van der Waals surface area (Å²) in [4.78, 5) is 0. The fourth-order valence-electron chi connectivity index (χ4n) is 2.74. The van der Waals surface area contributed by atoms with Crippen molar-refractivity contribution >= 4 is 0 Å². The van der Waals surface area contributed by atoms with Gasteiger partial charge in [-0.2, -0.15) is 0 Å². The first-order chi connectivity index (χ1) is 9.24. The van der Waals surface area contributed by atoms with Crippen LogP contribution in [0.5, 0.6) is 0 Å². The molecule has 1 fully saturated rings. The largest absolute Gasteiger partial charge is 0.377 e. The summed E-state index contributed by atoms with van der Waals surface area (Å²) in [5.74, 6) is 0. The summed E-state index contributed by atoms with van der Waals surface area (Å²) in [5.41, 5.74) is 2.72. The number of methoxy groups -OCH3 is 1. The molecule has 3 unspecified atom stereocenters. The molecule has 1 aliphatic carbocycles. The molecule has 0 aliphatic heterocycles. The van der Waals surface area contributed by atoms with Gasteiger partial charge < -0.3 is 14.8 Å². The molecule has 0 amide bonds. The molecule has 1 saturated carbocycles. The summed E-state index contributed by atoms with van der Waals surface area (Å²) in [6, 6.07) is 9.13. The lowest BCUT2D eigenvalue weighted by atomic mass is 9.85. The van der Waals surface area contributed by atoms with Gasteiger partial charge in [0.25, 0.3) is 0 Å². The van der Waals surface area contributed by atoms with Gasteiger partial charge in [-0.05, 0) is 38.8 Å². The number of hydrogen-bond donors (Lipinski definition) is 1. The lowest BCUT2D eigenvalue weighted by molar-refractivity contribution is -0.131. The zero-order valence-corrected chi connectivity index (χ0v) is 12.2. The minimum Gasteiger partial charge on any atom is -0.377 e. The Hall–Kier alpha value is -0.900.